The van der Waals surface area contributed by atoms with Gasteiger partial charge in [0, 0.05) is 6.54 Å². The highest BCUT2D eigenvalue weighted by molar-refractivity contribution is 7.80. The third-order valence-corrected chi connectivity index (χ3v) is 2.69. The van der Waals surface area contributed by atoms with E-state index in [0.717, 1.165) is 25.1 Å². The van der Waals surface area contributed by atoms with Crippen LogP contribution in [-0.4, -0.2) is 37.2 Å². The molecule has 1 aromatic carbocycles. The number of anilines is 1. The molecule has 0 aliphatic rings. The molecule has 1 rings (SSSR count). The molecule has 5 heteroatoms. The first-order chi connectivity index (χ1) is 8.49. The molecule has 3 nitrogen and oxygen atoms in total. The van der Waals surface area contributed by atoms with Crippen molar-refractivity contribution in [3.05, 3.63) is 29.6 Å². The van der Waals surface area contributed by atoms with Gasteiger partial charge in [-0.25, -0.2) is 4.39 Å². The van der Waals surface area contributed by atoms with Crippen LogP contribution in [-0.2, 0) is 0 Å². The normalized spacial score (nSPS) is 10.5. The number of benzene rings is 1. The van der Waals surface area contributed by atoms with E-state index >= 15 is 0 Å². The van der Waals surface area contributed by atoms with Gasteiger partial charge in [-0.05, 0) is 63.9 Å². The van der Waals surface area contributed by atoms with E-state index in [1.54, 1.807) is 6.07 Å². The Kier molecular flexibility index (Phi) is 6.01. The average Bonchev–Trinajstić information content (AvgIpc) is 2.28. The fraction of sp³-hybridized carbons (Fsp3) is 0.462. The monoisotopic (exact) mass is 269 g/mol. The van der Waals surface area contributed by atoms with Crippen molar-refractivity contribution < 1.29 is 4.39 Å². The van der Waals surface area contributed by atoms with Gasteiger partial charge >= 0.3 is 0 Å². The molecule has 0 amide bonds. The maximum absolute atomic E-state index is 13.5. The van der Waals surface area contributed by atoms with Crippen LogP contribution in [0.4, 0.5) is 10.1 Å². The van der Waals surface area contributed by atoms with E-state index in [0.29, 0.717) is 10.8 Å². The second kappa shape index (κ2) is 7.28. The number of hydrogen-bond donors (Lipinski definition) is 2. The Balaban J connectivity index is 2.35. The summed E-state index contributed by atoms with van der Waals surface area (Å²) in [6.45, 7) is 3.62. The van der Waals surface area contributed by atoms with Crippen molar-refractivity contribution in [3.63, 3.8) is 0 Å². The predicted octanol–water partition coefficient (Wildman–Crippen LogP) is 2.37. The number of halogens is 1. The Morgan fingerprint density at radius 1 is 1.39 bits per heavy atom. The number of hydrogen-bond acceptors (Lipinski definition) is 2. The largest absolute Gasteiger partial charge is 0.362 e. The van der Waals surface area contributed by atoms with Crippen molar-refractivity contribution in [1.29, 1.82) is 0 Å². The van der Waals surface area contributed by atoms with Crippen LogP contribution in [0.2, 0.25) is 0 Å². The number of aryl methyl sites for hydroxylation is 1. The number of nitrogens with one attached hydrogen (secondary N) is 2. The minimum absolute atomic E-state index is 0.285. The molecular weight excluding hydrogens is 249 g/mol. The third kappa shape index (κ3) is 5.42. The Labute approximate surface area is 113 Å². The minimum Gasteiger partial charge on any atom is -0.362 e. The molecule has 0 saturated carbocycles. The Morgan fingerprint density at radius 2 is 2.11 bits per heavy atom. The highest BCUT2D eigenvalue weighted by atomic mass is 32.1. The second-order valence-corrected chi connectivity index (χ2v) is 4.93. The molecule has 0 atom stereocenters. The van der Waals surface area contributed by atoms with E-state index in [2.05, 4.69) is 15.5 Å². The molecule has 0 aliphatic carbocycles. The van der Waals surface area contributed by atoms with Crippen LogP contribution in [0.25, 0.3) is 0 Å². The van der Waals surface area contributed by atoms with Gasteiger partial charge in [0.25, 0.3) is 0 Å². The van der Waals surface area contributed by atoms with E-state index in [-0.39, 0.29) is 5.82 Å². The van der Waals surface area contributed by atoms with Gasteiger partial charge in [0.05, 0.1) is 5.69 Å². The van der Waals surface area contributed by atoms with Gasteiger partial charge in [-0.3, -0.25) is 0 Å². The smallest absolute Gasteiger partial charge is 0.170 e. The first-order valence-electron chi connectivity index (χ1n) is 5.95. The molecule has 0 fully saturated rings. The van der Waals surface area contributed by atoms with Crippen molar-refractivity contribution in [1.82, 2.24) is 10.2 Å². The molecule has 0 spiro atoms. The molecule has 0 aliphatic heterocycles. The molecule has 2 N–H and O–H groups in total. The first kappa shape index (κ1) is 14.9. The SMILES string of the molecule is Cc1ccc(NC(=S)NCCCN(C)C)c(F)c1. The van der Waals surface area contributed by atoms with Crippen molar-refractivity contribution in [2.24, 2.45) is 0 Å². The molecule has 0 saturated heterocycles. The van der Waals surface area contributed by atoms with E-state index in [9.17, 15) is 4.39 Å². The highest BCUT2D eigenvalue weighted by Crippen LogP contribution is 2.14. The standard InChI is InChI=1S/C13H20FN3S/c1-10-5-6-12(11(14)9-10)16-13(18)15-7-4-8-17(2)3/h5-6,9H,4,7-8H2,1-3H3,(H2,15,16,18). The molecule has 1 aromatic rings. The fourth-order valence-electron chi connectivity index (χ4n) is 1.49. The van der Waals surface area contributed by atoms with Crippen molar-refractivity contribution in [3.8, 4) is 0 Å². The first-order valence-corrected chi connectivity index (χ1v) is 6.35. The molecular formula is C13H20FN3S. The highest BCUT2D eigenvalue weighted by Gasteiger charge is 2.03. The van der Waals surface area contributed by atoms with Crippen molar-refractivity contribution in [2.75, 3.05) is 32.5 Å². The van der Waals surface area contributed by atoms with Crippen LogP contribution in [0.5, 0.6) is 0 Å². The molecule has 0 unspecified atom stereocenters. The van der Waals surface area contributed by atoms with E-state index < -0.39 is 0 Å². The number of nitrogens with zero attached hydrogens (tertiary/aromatic N) is 1. The maximum atomic E-state index is 13.5. The average molecular weight is 269 g/mol. The Hall–Kier alpha value is -1.20. The van der Waals surface area contributed by atoms with Crippen LogP contribution >= 0.6 is 12.2 Å². The van der Waals surface area contributed by atoms with E-state index in [1.165, 1.54) is 6.07 Å². The van der Waals surface area contributed by atoms with E-state index in [4.69, 9.17) is 12.2 Å². The summed E-state index contributed by atoms with van der Waals surface area (Å²) >= 11 is 5.11. The van der Waals surface area contributed by atoms with Gasteiger partial charge in [-0.15, -0.1) is 0 Å². The lowest BCUT2D eigenvalue weighted by Gasteiger charge is -2.13. The quantitative estimate of drug-likeness (QED) is 0.634. The van der Waals surface area contributed by atoms with Crippen molar-refractivity contribution >= 4 is 23.0 Å². The molecule has 100 valence electrons. The van der Waals surface area contributed by atoms with Gasteiger partial charge < -0.3 is 15.5 Å². The maximum Gasteiger partial charge on any atom is 0.170 e. The summed E-state index contributed by atoms with van der Waals surface area (Å²) in [6.07, 6.45) is 0.991. The lowest BCUT2D eigenvalue weighted by atomic mass is 10.2. The van der Waals surface area contributed by atoms with Crippen LogP contribution in [0.3, 0.4) is 0 Å². The summed E-state index contributed by atoms with van der Waals surface area (Å²) in [5.74, 6) is -0.285. The summed E-state index contributed by atoms with van der Waals surface area (Å²) in [6, 6.07) is 5.02. The summed E-state index contributed by atoms with van der Waals surface area (Å²) in [5.41, 5.74) is 1.30. The molecule has 0 bridgehead atoms. The van der Waals surface area contributed by atoms with Gasteiger partial charge in [-0.1, -0.05) is 6.07 Å². The topological polar surface area (TPSA) is 27.3 Å². The predicted molar refractivity (Wildman–Crippen MR) is 78.5 cm³/mol. The Bertz CT molecular complexity index is 407. The van der Waals surface area contributed by atoms with Gasteiger partial charge in [-0.2, -0.15) is 0 Å². The summed E-state index contributed by atoms with van der Waals surface area (Å²) in [4.78, 5) is 2.11. The summed E-state index contributed by atoms with van der Waals surface area (Å²) in [7, 11) is 4.05. The Morgan fingerprint density at radius 3 is 2.72 bits per heavy atom. The molecule has 18 heavy (non-hydrogen) atoms. The van der Waals surface area contributed by atoms with Crippen LogP contribution < -0.4 is 10.6 Å². The lowest BCUT2D eigenvalue weighted by Crippen LogP contribution is -2.31. The van der Waals surface area contributed by atoms with Crippen LogP contribution in [0.1, 0.15) is 12.0 Å². The zero-order valence-electron chi connectivity index (χ0n) is 11.1. The summed E-state index contributed by atoms with van der Waals surface area (Å²) in [5, 5.41) is 6.37. The van der Waals surface area contributed by atoms with Gasteiger partial charge in [0.15, 0.2) is 5.11 Å². The second-order valence-electron chi connectivity index (χ2n) is 4.52. The van der Waals surface area contributed by atoms with Crippen LogP contribution in [0, 0.1) is 12.7 Å². The fourth-order valence-corrected chi connectivity index (χ4v) is 1.70. The van der Waals surface area contributed by atoms with Crippen LogP contribution in [0.15, 0.2) is 18.2 Å². The van der Waals surface area contributed by atoms with Crippen molar-refractivity contribution in [2.45, 2.75) is 13.3 Å². The molecule has 0 radical (unpaired) electrons. The molecule has 0 heterocycles. The third-order valence-electron chi connectivity index (χ3n) is 2.44. The molecule has 0 aromatic heterocycles. The van der Waals surface area contributed by atoms with Gasteiger partial charge in [0.1, 0.15) is 5.82 Å². The zero-order valence-corrected chi connectivity index (χ0v) is 11.9. The zero-order chi connectivity index (χ0) is 13.5. The lowest BCUT2D eigenvalue weighted by molar-refractivity contribution is 0.400. The minimum atomic E-state index is -0.285. The number of thiocarbonyl (C=S) groups is 1. The number of rotatable bonds is 5. The van der Waals surface area contributed by atoms with Gasteiger partial charge in [0.2, 0.25) is 0 Å². The summed E-state index contributed by atoms with van der Waals surface area (Å²) < 4.78 is 13.5. The van der Waals surface area contributed by atoms with E-state index in [1.807, 2.05) is 27.1 Å².